The lowest BCUT2D eigenvalue weighted by Crippen LogP contribution is -2.20. The molecule has 0 aliphatic rings. The van der Waals surface area contributed by atoms with Gasteiger partial charge < -0.3 is 9.47 Å². The molecule has 0 aliphatic heterocycles. The zero-order valence-corrected chi connectivity index (χ0v) is 17.7. The van der Waals surface area contributed by atoms with Crippen molar-refractivity contribution >= 4 is 18.2 Å². The fourth-order valence-electron chi connectivity index (χ4n) is 1.30. The Bertz CT molecular complexity index is 643. The second kappa shape index (κ2) is 13.3. The van der Waals surface area contributed by atoms with Crippen LogP contribution in [-0.4, -0.2) is 36.0 Å². The molecule has 1 aromatic carbocycles. The molecule has 0 saturated carbocycles. The molecular weight excluding hydrogens is 384 g/mol. The highest BCUT2D eigenvalue weighted by Crippen LogP contribution is 2.08. The summed E-state index contributed by atoms with van der Waals surface area (Å²) in [5, 5.41) is 10.4. The minimum absolute atomic E-state index is 0.289. The first-order chi connectivity index (χ1) is 13.4. The van der Waals surface area contributed by atoms with Gasteiger partial charge in [-0.15, -0.1) is 0 Å². The lowest BCUT2D eigenvalue weighted by atomic mass is 10.2. The van der Waals surface area contributed by atoms with Gasteiger partial charge in [-0.3, -0.25) is 4.89 Å². The predicted octanol–water partition coefficient (Wildman–Crippen LogP) is 5.03. The molecule has 0 fully saturated rings. The van der Waals surface area contributed by atoms with Crippen molar-refractivity contribution in [3.8, 4) is 0 Å². The Labute approximate surface area is 170 Å². The van der Waals surface area contributed by atoms with Crippen LogP contribution in [0.1, 0.15) is 58.8 Å². The van der Waals surface area contributed by atoms with E-state index in [1.807, 2.05) is 6.07 Å². The normalized spacial score (nSPS) is 11.1. The summed E-state index contributed by atoms with van der Waals surface area (Å²) < 4.78 is 9.20. The zero-order valence-electron chi connectivity index (χ0n) is 17.7. The van der Waals surface area contributed by atoms with Gasteiger partial charge in [0.25, 0.3) is 0 Å². The van der Waals surface area contributed by atoms with Gasteiger partial charge in [0.2, 0.25) is 0 Å². The zero-order chi connectivity index (χ0) is 22.4. The highest BCUT2D eigenvalue weighted by molar-refractivity contribution is 5.88. The summed E-state index contributed by atoms with van der Waals surface area (Å²) in [5.74, 6) is -0.583. The molecule has 0 aliphatic carbocycles. The molecule has 0 saturated heterocycles. The molecule has 0 aromatic heterocycles. The van der Waals surface area contributed by atoms with Crippen LogP contribution >= 0.6 is 0 Å². The maximum atomic E-state index is 11.3. The van der Waals surface area contributed by atoms with Crippen molar-refractivity contribution in [1.29, 1.82) is 0 Å². The molecule has 10 heteroatoms. The number of rotatable bonds is 5. The Hall–Kier alpha value is -2.85. The number of amides is 2. The standard InChI is InChI=1S/C11H14O4.C8H14N2O4/c1-11(2,3)14-15-13-10(12)9-7-5-4-6-8-9;1-5(2)13-7(11)9-10-8(12)14-6(3)4/h4-8H,1-3H3;5-6H,1-4H3. The Balaban J connectivity index is 0.000000543. The van der Waals surface area contributed by atoms with Crippen molar-refractivity contribution in [3.63, 3.8) is 0 Å². The van der Waals surface area contributed by atoms with E-state index in [9.17, 15) is 14.4 Å². The SMILES string of the molecule is CC(C)(C)OOOC(=O)c1ccccc1.CC(C)OC(=O)N=NC(=O)OC(C)C. The second-order valence-corrected chi connectivity index (χ2v) is 7.07. The summed E-state index contributed by atoms with van der Waals surface area (Å²) in [6.45, 7) is 12.0. The van der Waals surface area contributed by atoms with Gasteiger partial charge in [-0.05, 0) is 65.6 Å². The van der Waals surface area contributed by atoms with Gasteiger partial charge in [0.05, 0.1) is 23.4 Å². The van der Waals surface area contributed by atoms with E-state index in [1.165, 1.54) is 0 Å². The number of benzene rings is 1. The molecule has 1 aromatic rings. The van der Waals surface area contributed by atoms with Crippen LogP contribution in [0.15, 0.2) is 40.6 Å². The van der Waals surface area contributed by atoms with Crippen molar-refractivity contribution in [2.75, 3.05) is 0 Å². The van der Waals surface area contributed by atoms with E-state index in [2.05, 4.69) is 29.6 Å². The molecule has 162 valence electrons. The topological polar surface area (TPSA) is 122 Å². The van der Waals surface area contributed by atoms with Crippen LogP contribution < -0.4 is 0 Å². The number of hydrogen-bond acceptors (Lipinski definition) is 8. The quantitative estimate of drug-likeness (QED) is 0.375. The van der Waals surface area contributed by atoms with Gasteiger partial charge in [-0.2, -0.15) is 4.89 Å². The molecule has 0 heterocycles. The van der Waals surface area contributed by atoms with Crippen molar-refractivity contribution in [2.24, 2.45) is 10.2 Å². The smallest absolute Gasteiger partial charge is 0.444 e. The van der Waals surface area contributed by atoms with Crippen LogP contribution in [0.4, 0.5) is 9.59 Å². The summed E-state index contributed by atoms with van der Waals surface area (Å²) in [6.07, 6.45) is -2.38. The number of ether oxygens (including phenoxy) is 2. The molecule has 0 unspecified atom stereocenters. The van der Waals surface area contributed by atoms with Crippen LogP contribution in [0.2, 0.25) is 0 Å². The van der Waals surface area contributed by atoms with Gasteiger partial charge >= 0.3 is 18.2 Å². The average Bonchev–Trinajstić information content (AvgIpc) is 2.59. The highest BCUT2D eigenvalue weighted by atomic mass is 17.5. The first kappa shape index (κ1) is 26.1. The van der Waals surface area contributed by atoms with E-state index in [4.69, 9.17) is 4.89 Å². The fourth-order valence-corrected chi connectivity index (χ4v) is 1.30. The lowest BCUT2D eigenvalue weighted by Gasteiger charge is -2.15. The van der Waals surface area contributed by atoms with Crippen LogP contribution in [0.25, 0.3) is 0 Å². The summed E-state index contributed by atoms with van der Waals surface area (Å²) >= 11 is 0. The van der Waals surface area contributed by atoms with Crippen molar-refractivity contribution in [3.05, 3.63) is 35.9 Å². The summed E-state index contributed by atoms with van der Waals surface area (Å²) in [4.78, 5) is 42.0. The molecule has 29 heavy (non-hydrogen) atoms. The van der Waals surface area contributed by atoms with Crippen LogP contribution in [-0.2, 0) is 24.3 Å². The number of carbonyl (C=O) groups is 3. The molecule has 0 N–H and O–H groups in total. The van der Waals surface area contributed by atoms with E-state index in [0.717, 1.165) is 0 Å². The average molecular weight is 412 g/mol. The number of carbonyl (C=O) groups excluding carboxylic acids is 3. The van der Waals surface area contributed by atoms with Gasteiger partial charge in [-0.25, -0.2) is 14.4 Å². The molecule has 0 spiro atoms. The van der Waals surface area contributed by atoms with E-state index in [1.54, 1.807) is 72.7 Å². The van der Waals surface area contributed by atoms with Gasteiger partial charge in [0.1, 0.15) is 0 Å². The Morgan fingerprint density at radius 2 is 1.28 bits per heavy atom. The molecule has 2 amide bonds. The number of nitrogens with zero attached hydrogens (tertiary/aromatic N) is 2. The molecule has 1 rings (SSSR count). The second-order valence-electron chi connectivity index (χ2n) is 7.07. The maximum absolute atomic E-state index is 11.3. The summed E-state index contributed by atoms with van der Waals surface area (Å²) in [5.41, 5.74) is -0.105. The molecule has 0 atom stereocenters. The van der Waals surface area contributed by atoms with Gasteiger partial charge in [-0.1, -0.05) is 28.4 Å². The molecule has 0 radical (unpaired) electrons. The fraction of sp³-hybridized carbons (Fsp3) is 0.526. The largest absolute Gasteiger partial charge is 0.452 e. The first-order valence-electron chi connectivity index (χ1n) is 8.85. The van der Waals surface area contributed by atoms with E-state index in [0.29, 0.717) is 5.56 Å². The first-order valence-corrected chi connectivity index (χ1v) is 8.85. The Morgan fingerprint density at radius 1 is 0.828 bits per heavy atom. The van der Waals surface area contributed by atoms with Crippen molar-refractivity contribution < 1.29 is 38.7 Å². The Kier molecular flexibility index (Phi) is 12.0. The van der Waals surface area contributed by atoms with E-state index >= 15 is 0 Å². The van der Waals surface area contributed by atoms with Crippen LogP contribution in [0, 0.1) is 0 Å². The predicted molar refractivity (Wildman–Crippen MR) is 102 cm³/mol. The monoisotopic (exact) mass is 412 g/mol. The van der Waals surface area contributed by atoms with Crippen molar-refractivity contribution in [2.45, 2.75) is 66.3 Å². The third kappa shape index (κ3) is 15.9. The third-order valence-electron chi connectivity index (χ3n) is 2.29. The Morgan fingerprint density at radius 3 is 1.66 bits per heavy atom. The molecule has 0 bridgehead atoms. The van der Waals surface area contributed by atoms with Crippen molar-refractivity contribution in [1.82, 2.24) is 0 Å². The molecular formula is C19H28N2O8. The maximum Gasteiger partial charge on any atom is 0.452 e. The van der Waals surface area contributed by atoms with Crippen LogP contribution in [0.5, 0.6) is 0 Å². The lowest BCUT2D eigenvalue weighted by molar-refractivity contribution is -0.510. The minimum atomic E-state index is -0.902. The number of azo groups is 1. The van der Waals surface area contributed by atoms with E-state index in [-0.39, 0.29) is 12.2 Å². The third-order valence-corrected chi connectivity index (χ3v) is 2.29. The highest BCUT2D eigenvalue weighted by Gasteiger charge is 2.14. The minimum Gasteiger partial charge on any atom is -0.444 e. The summed E-state index contributed by atoms with van der Waals surface area (Å²) in [7, 11) is 0. The van der Waals surface area contributed by atoms with Crippen LogP contribution in [0.3, 0.4) is 0 Å². The van der Waals surface area contributed by atoms with Gasteiger partial charge in [0.15, 0.2) is 0 Å². The number of hydrogen-bond donors (Lipinski definition) is 0. The summed E-state index contributed by atoms with van der Waals surface area (Å²) in [6, 6.07) is 8.54. The molecule has 10 nitrogen and oxygen atoms in total. The van der Waals surface area contributed by atoms with Gasteiger partial charge in [0, 0.05) is 0 Å². The van der Waals surface area contributed by atoms with E-state index < -0.39 is 23.8 Å².